The lowest BCUT2D eigenvalue weighted by Gasteiger charge is -2.08. The van der Waals surface area contributed by atoms with Gasteiger partial charge in [0, 0.05) is 24.7 Å². The van der Waals surface area contributed by atoms with Crippen molar-refractivity contribution in [2.45, 2.75) is 6.18 Å². The van der Waals surface area contributed by atoms with Gasteiger partial charge in [0.1, 0.15) is 0 Å². The predicted octanol–water partition coefficient (Wildman–Crippen LogP) is 3.94. The Kier molecular flexibility index (Phi) is 4.83. The molecule has 1 aromatic carbocycles. The first-order valence-corrected chi connectivity index (χ1v) is 7.55. The van der Waals surface area contributed by atoms with Crippen molar-refractivity contribution in [1.82, 2.24) is 14.8 Å². The lowest BCUT2D eigenvalue weighted by molar-refractivity contribution is -0.137. The van der Waals surface area contributed by atoms with Crippen molar-refractivity contribution in [2.24, 2.45) is 0 Å². The first kappa shape index (κ1) is 17.4. The summed E-state index contributed by atoms with van der Waals surface area (Å²) in [4.78, 5) is 16.3. The molecule has 5 nitrogen and oxygen atoms in total. The average Bonchev–Trinajstić information content (AvgIpc) is 3.14. The molecule has 0 atom stereocenters. The molecule has 3 aromatic rings. The third kappa shape index (κ3) is 4.15. The van der Waals surface area contributed by atoms with Gasteiger partial charge in [0.15, 0.2) is 5.82 Å². The molecule has 3 rings (SSSR count). The van der Waals surface area contributed by atoms with Crippen molar-refractivity contribution >= 4 is 17.7 Å². The van der Waals surface area contributed by atoms with Gasteiger partial charge in [-0.2, -0.15) is 18.3 Å². The molecule has 1 N–H and O–H groups in total. The van der Waals surface area contributed by atoms with Gasteiger partial charge in [-0.15, -0.1) is 0 Å². The number of nitrogens with zero attached hydrogens (tertiary/aromatic N) is 3. The molecule has 0 aliphatic heterocycles. The molecule has 26 heavy (non-hydrogen) atoms. The quantitative estimate of drug-likeness (QED) is 0.719. The Hall–Kier alpha value is -3.42. The molecule has 1 amide bonds. The van der Waals surface area contributed by atoms with Crippen LogP contribution >= 0.6 is 0 Å². The number of halogens is 3. The minimum atomic E-state index is -4.43. The van der Waals surface area contributed by atoms with Crippen LogP contribution in [0.2, 0.25) is 0 Å². The van der Waals surface area contributed by atoms with E-state index in [1.165, 1.54) is 22.9 Å². The van der Waals surface area contributed by atoms with Crippen LogP contribution in [-0.2, 0) is 11.0 Å². The molecule has 0 radical (unpaired) electrons. The predicted molar refractivity (Wildman–Crippen MR) is 90.5 cm³/mol. The largest absolute Gasteiger partial charge is 0.416 e. The zero-order chi connectivity index (χ0) is 18.6. The maximum Gasteiger partial charge on any atom is 0.416 e. The summed E-state index contributed by atoms with van der Waals surface area (Å²) in [5.41, 5.74) is -0.0726. The highest BCUT2D eigenvalue weighted by Crippen LogP contribution is 2.29. The topological polar surface area (TPSA) is 59.8 Å². The van der Waals surface area contributed by atoms with E-state index in [-0.39, 0.29) is 5.56 Å². The molecule has 0 saturated heterocycles. The Morgan fingerprint density at radius 2 is 1.96 bits per heavy atom. The van der Waals surface area contributed by atoms with Gasteiger partial charge < -0.3 is 5.32 Å². The maximum absolute atomic E-state index is 12.7. The van der Waals surface area contributed by atoms with Crippen LogP contribution < -0.4 is 5.32 Å². The van der Waals surface area contributed by atoms with Crippen molar-refractivity contribution in [2.75, 3.05) is 5.32 Å². The normalized spacial score (nSPS) is 11.7. The highest BCUT2D eigenvalue weighted by molar-refractivity contribution is 6.02. The van der Waals surface area contributed by atoms with E-state index in [2.05, 4.69) is 15.4 Å². The fourth-order valence-corrected chi connectivity index (χ4v) is 2.24. The highest BCUT2D eigenvalue weighted by atomic mass is 19.4. The number of carbonyl (C=O) groups is 1. The SMILES string of the molecule is O=C(/C=C/c1cccc(C(F)(F)F)c1)Nc1cccnc1-n1cccn1. The van der Waals surface area contributed by atoms with E-state index in [4.69, 9.17) is 0 Å². The second-order valence-corrected chi connectivity index (χ2v) is 5.27. The molecular formula is C18H13F3N4O. The smallest absolute Gasteiger partial charge is 0.319 e. The molecule has 2 heterocycles. The molecule has 0 saturated carbocycles. The summed E-state index contributed by atoms with van der Waals surface area (Å²) in [6, 6.07) is 9.75. The maximum atomic E-state index is 12.7. The summed E-state index contributed by atoms with van der Waals surface area (Å²) >= 11 is 0. The van der Waals surface area contributed by atoms with E-state index in [0.717, 1.165) is 18.2 Å². The minimum absolute atomic E-state index is 0.272. The minimum Gasteiger partial charge on any atom is -0.319 e. The molecule has 0 unspecified atom stereocenters. The van der Waals surface area contributed by atoms with Gasteiger partial charge in [0.2, 0.25) is 5.91 Å². The van der Waals surface area contributed by atoms with Crippen LogP contribution in [0, 0.1) is 0 Å². The van der Waals surface area contributed by atoms with Gasteiger partial charge in [0.25, 0.3) is 0 Å². The Labute approximate surface area is 146 Å². The molecule has 0 aliphatic rings. The van der Waals surface area contributed by atoms with Crippen molar-refractivity contribution in [3.63, 3.8) is 0 Å². The number of hydrogen-bond acceptors (Lipinski definition) is 3. The fraction of sp³-hybridized carbons (Fsp3) is 0.0556. The van der Waals surface area contributed by atoms with Gasteiger partial charge in [0.05, 0.1) is 11.3 Å². The van der Waals surface area contributed by atoms with Crippen LogP contribution in [0.5, 0.6) is 0 Å². The Bertz CT molecular complexity index is 934. The van der Waals surface area contributed by atoms with Crippen molar-refractivity contribution in [1.29, 1.82) is 0 Å². The first-order valence-electron chi connectivity index (χ1n) is 7.55. The van der Waals surface area contributed by atoms with E-state index in [0.29, 0.717) is 11.5 Å². The second-order valence-electron chi connectivity index (χ2n) is 5.27. The highest BCUT2D eigenvalue weighted by Gasteiger charge is 2.30. The lowest BCUT2D eigenvalue weighted by atomic mass is 10.1. The monoisotopic (exact) mass is 358 g/mol. The molecule has 8 heteroatoms. The van der Waals surface area contributed by atoms with Crippen LogP contribution in [0.25, 0.3) is 11.9 Å². The van der Waals surface area contributed by atoms with Crippen LogP contribution in [0.4, 0.5) is 18.9 Å². The number of alkyl halides is 3. The van der Waals surface area contributed by atoms with E-state index >= 15 is 0 Å². The van der Waals surface area contributed by atoms with Gasteiger partial charge >= 0.3 is 6.18 Å². The average molecular weight is 358 g/mol. The first-order chi connectivity index (χ1) is 12.4. The number of anilines is 1. The number of carbonyl (C=O) groups excluding carboxylic acids is 1. The summed E-state index contributed by atoms with van der Waals surface area (Å²) in [5.74, 6) is -0.0675. The van der Waals surface area contributed by atoms with Gasteiger partial charge in [-0.3, -0.25) is 4.79 Å². The number of pyridine rings is 1. The Balaban J connectivity index is 1.75. The van der Waals surface area contributed by atoms with E-state index in [1.807, 2.05) is 0 Å². The zero-order valence-corrected chi connectivity index (χ0v) is 13.3. The van der Waals surface area contributed by atoms with Crippen molar-refractivity contribution in [3.8, 4) is 5.82 Å². The fourth-order valence-electron chi connectivity index (χ4n) is 2.24. The summed E-state index contributed by atoms with van der Waals surface area (Å²) in [7, 11) is 0. The summed E-state index contributed by atoms with van der Waals surface area (Å²) in [6.07, 6.45) is 2.86. The number of aromatic nitrogens is 3. The van der Waals surface area contributed by atoms with E-state index in [1.54, 1.807) is 36.8 Å². The molecule has 132 valence electrons. The second kappa shape index (κ2) is 7.22. The summed E-state index contributed by atoms with van der Waals surface area (Å²) < 4.78 is 39.6. The van der Waals surface area contributed by atoms with Crippen LogP contribution in [0.1, 0.15) is 11.1 Å². The Morgan fingerprint density at radius 3 is 2.69 bits per heavy atom. The van der Waals surface area contributed by atoms with Gasteiger partial charge in [-0.25, -0.2) is 9.67 Å². The summed E-state index contributed by atoms with van der Waals surface area (Å²) in [6.45, 7) is 0. The number of hydrogen-bond donors (Lipinski definition) is 1. The number of benzene rings is 1. The van der Waals surface area contributed by atoms with Crippen LogP contribution in [-0.4, -0.2) is 20.7 Å². The van der Waals surface area contributed by atoms with Crippen LogP contribution in [0.15, 0.2) is 67.1 Å². The molecular weight excluding hydrogens is 345 g/mol. The number of nitrogens with one attached hydrogen (secondary N) is 1. The molecule has 2 aromatic heterocycles. The summed E-state index contributed by atoms with van der Waals surface area (Å²) in [5, 5.41) is 6.70. The van der Waals surface area contributed by atoms with Gasteiger partial charge in [-0.05, 0) is 42.0 Å². The van der Waals surface area contributed by atoms with Gasteiger partial charge in [-0.1, -0.05) is 12.1 Å². The van der Waals surface area contributed by atoms with Crippen molar-refractivity contribution in [3.05, 3.63) is 78.3 Å². The molecule has 0 aliphatic carbocycles. The molecule has 0 fully saturated rings. The third-order valence-electron chi connectivity index (χ3n) is 3.41. The van der Waals surface area contributed by atoms with E-state index in [9.17, 15) is 18.0 Å². The lowest BCUT2D eigenvalue weighted by Crippen LogP contribution is -2.12. The number of amides is 1. The number of rotatable bonds is 4. The van der Waals surface area contributed by atoms with E-state index < -0.39 is 17.6 Å². The standard InChI is InChI=1S/C18H13F3N4O/c19-18(20,21)14-5-1-4-13(12-14)7-8-16(26)24-15-6-2-9-22-17(15)25-11-3-10-23-25/h1-12H,(H,24,26)/b8-7+. The molecule has 0 bridgehead atoms. The Morgan fingerprint density at radius 1 is 1.12 bits per heavy atom. The van der Waals surface area contributed by atoms with Crippen molar-refractivity contribution < 1.29 is 18.0 Å². The van der Waals surface area contributed by atoms with Crippen LogP contribution in [0.3, 0.4) is 0 Å². The zero-order valence-electron chi connectivity index (χ0n) is 13.3. The third-order valence-corrected chi connectivity index (χ3v) is 3.41. The molecule has 0 spiro atoms.